The van der Waals surface area contributed by atoms with E-state index in [1.165, 1.54) is 0 Å². The summed E-state index contributed by atoms with van der Waals surface area (Å²) in [6, 6.07) is 13.5. The van der Waals surface area contributed by atoms with E-state index in [9.17, 15) is 9.59 Å². The van der Waals surface area contributed by atoms with Crippen molar-refractivity contribution in [3.63, 3.8) is 0 Å². The van der Waals surface area contributed by atoms with Crippen LogP contribution in [0.5, 0.6) is 0 Å². The van der Waals surface area contributed by atoms with Crippen LogP contribution in [-0.4, -0.2) is 18.7 Å². The number of urea groups is 1. The van der Waals surface area contributed by atoms with Crippen LogP contribution >= 0.6 is 11.6 Å². The molecule has 3 N–H and O–H groups in total. The van der Waals surface area contributed by atoms with Crippen LogP contribution in [0.2, 0.25) is 5.02 Å². The van der Waals surface area contributed by atoms with Crippen LogP contribution in [0.3, 0.4) is 0 Å². The summed E-state index contributed by atoms with van der Waals surface area (Å²) >= 11 is 5.86. The second-order valence-electron chi connectivity index (χ2n) is 5.29. The molecule has 0 bridgehead atoms. The van der Waals surface area contributed by atoms with Crippen LogP contribution in [-0.2, 0) is 4.74 Å². The van der Waals surface area contributed by atoms with Gasteiger partial charge in [0.15, 0.2) is 0 Å². The van der Waals surface area contributed by atoms with Crippen molar-refractivity contribution in [3.8, 4) is 0 Å². The van der Waals surface area contributed by atoms with E-state index in [2.05, 4.69) is 16.0 Å². The average Bonchev–Trinajstić information content (AvgIpc) is 2.57. The first-order valence-electron chi connectivity index (χ1n) is 7.84. The lowest BCUT2D eigenvalue weighted by Crippen LogP contribution is -2.31. The predicted octanol–water partition coefficient (Wildman–Crippen LogP) is 4.79. The van der Waals surface area contributed by atoms with Gasteiger partial charge in [-0.3, -0.25) is 5.32 Å². The van der Waals surface area contributed by atoms with Gasteiger partial charge in [-0.25, -0.2) is 9.59 Å². The zero-order chi connectivity index (χ0) is 18.2. The molecule has 0 saturated carbocycles. The van der Waals surface area contributed by atoms with Crippen molar-refractivity contribution < 1.29 is 14.3 Å². The number of hydrogen-bond acceptors (Lipinski definition) is 3. The number of carbonyl (C=O) groups excluding carboxylic acids is 2. The normalized spacial score (nSPS) is 11.3. The molecule has 2 rings (SSSR count). The highest BCUT2D eigenvalue weighted by atomic mass is 35.5. The first kappa shape index (κ1) is 18.6. The molecule has 25 heavy (non-hydrogen) atoms. The summed E-state index contributed by atoms with van der Waals surface area (Å²) in [6.45, 7) is 3.92. The van der Waals surface area contributed by atoms with Crippen LogP contribution < -0.4 is 16.0 Å². The summed E-state index contributed by atoms with van der Waals surface area (Å²) in [7, 11) is 0. The second kappa shape index (κ2) is 8.94. The Morgan fingerprint density at radius 2 is 1.56 bits per heavy atom. The van der Waals surface area contributed by atoms with Gasteiger partial charge in [0, 0.05) is 16.4 Å². The van der Waals surface area contributed by atoms with Crippen molar-refractivity contribution in [2.75, 3.05) is 17.2 Å². The molecular weight excluding hydrogens is 342 g/mol. The van der Waals surface area contributed by atoms with Crippen LogP contribution in [0, 0.1) is 0 Å². The Labute approximate surface area is 151 Å². The molecule has 1 atom stereocenters. The highest BCUT2D eigenvalue weighted by Gasteiger charge is 2.10. The highest BCUT2D eigenvalue weighted by molar-refractivity contribution is 6.30. The summed E-state index contributed by atoms with van der Waals surface area (Å²) in [6.07, 6.45) is -0.516. The summed E-state index contributed by atoms with van der Waals surface area (Å²) in [5.74, 6) is 0. The Bertz CT molecular complexity index is 717. The van der Waals surface area contributed by atoms with Crippen LogP contribution in [0.1, 0.15) is 25.5 Å². The Morgan fingerprint density at radius 3 is 2.12 bits per heavy atom. The standard InChI is InChI=1S/C18H20ClN3O3/c1-3-25-18(24)22-16-10-8-15(9-11-16)21-17(23)20-12(2)13-4-6-14(19)7-5-13/h4-12H,3H2,1-2H3,(H,22,24)(H2,20,21,23). The van der Waals surface area contributed by atoms with E-state index in [1.54, 1.807) is 43.3 Å². The Morgan fingerprint density at radius 1 is 1.00 bits per heavy atom. The average molecular weight is 362 g/mol. The topological polar surface area (TPSA) is 79.5 Å². The van der Waals surface area contributed by atoms with Crippen molar-refractivity contribution in [2.45, 2.75) is 19.9 Å². The molecular formula is C18H20ClN3O3. The number of ether oxygens (including phenoxy) is 1. The van der Waals surface area contributed by atoms with E-state index in [-0.39, 0.29) is 12.1 Å². The van der Waals surface area contributed by atoms with Gasteiger partial charge >= 0.3 is 12.1 Å². The fourth-order valence-electron chi connectivity index (χ4n) is 2.12. The summed E-state index contributed by atoms with van der Waals surface area (Å²) < 4.78 is 4.80. The second-order valence-corrected chi connectivity index (χ2v) is 5.73. The third-order valence-electron chi connectivity index (χ3n) is 3.38. The number of rotatable bonds is 5. The first-order chi connectivity index (χ1) is 12.0. The van der Waals surface area contributed by atoms with Crippen molar-refractivity contribution in [3.05, 3.63) is 59.1 Å². The van der Waals surface area contributed by atoms with Gasteiger partial charge < -0.3 is 15.4 Å². The van der Waals surface area contributed by atoms with Crippen molar-refractivity contribution >= 4 is 35.1 Å². The van der Waals surface area contributed by atoms with Crippen molar-refractivity contribution in [2.24, 2.45) is 0 Å². The van der Waals surface area contributed by atoms with Gasteiger partial charge in [0.05, 0.1) is 12.6 Å². The highest BCUT2D eigenvalue weighted by Crippen LogP contribution is 2.17. The monoisotopic (exact) mass is 361 g/mol. The lowest BCUT2D eigenvalue weighted by molar-refractivity contribution is 0.168. The lowest BCUT2D eigenvalue weighted by atomic mass is 10.1. The van der Waals surface area contributed by atoms with Gasteiger partial charge in [-0.2, -0.15) is 0 Å². The molecule has 1 unspecified atom stereocenters. The molecule has 132 valence electrons. The molecule has 0 heterocycles. The molecule has 0 aliphatic heterocycles. The number of anilines is 2. The van der Waals surface area contributed by atoms with Crippen LogP contribution in [0.15, 0.2) is 48.5 Å². The van der Waals surface area contributed by atoms with Crippen LogP contribution in [0.4, 0.5) is 21.0 Å². The van der Waals surface area contributed by atoms with Gasteiger partial charge in [-0.05, 0) is 55.8 Å². The van der Waals surface area contributed by atoms with Gasteiger partial charge in [0.2, 0.25) is 0 Å². The molecule has 0 aliphatic carbocycles. The maximum atomic E-state index is 12.1. The third kappa shape index (κ3) is 6.00. The minimum absolute atomic E-state index is 0.165. The molecule has 0 spiro atoms. The Hall–Kier alpha value is -2.73. The molecule has 7 heteroatoms. The molecule has 0 aliphatic rings. The number of carbonyl (C=O) groups is 2. The Balaban J connectivity index is 1.87. The van der Waals surface area contributed by atoms with E-state index in [0.717, 1.165) is 5.56 Å². The molecule has 3 amide bonds. The molecule has 2 aromatic rings. The van der Waals surface area contributed by atoms with Crippen LogP contribution in [0.25, 0.3) is 0 Å². The summed E-state index contributed by atoms with van der Waals surface area (Å²) in [4.78, 5) is 23.4. The molecule has 0 fully saturated rings. The molecule has 0 radical (unpaired) electrons. The lowest BCUT2D eigenvalue weighted by Gasteiger charge is -2.15. The maximum Gasteiger partial charge on any atom is 0.411 e. The molecule has 6 nitrogen and oxygen atoms in total. The van der Waals surface area contributed by atoms with Gasteiger partial charge in [-0.1, -0.05) is 23.7 Å². The third-order valence-corrected chi connectivity index (χ3v) is 3.63. The quantitative estimate of drug-likeness (QED) is 0.716. The zero-order valence-electron chi connectivity index (χ0n) is 14.0. The number of nitrogens with one attached hydrogen (secondary N) is 3. The van der Waals surface area contributed by atoms with E-state index in [0.29, 0.717) is 23.0 Å². The predicted molar refractivity (Wildman–Crippen MR) is 99.1 cm³/mol. The van der Waals surface area contributed by atoms with Gasteiger partial charge in [0.25, 0.3) is 0 Å². The summed E-state index contributed by atoms with van der Waals surface area (Å²) in [5.41, 5.74) is 2.14. The molecule has 2 aromatic carbocycles. The number of amides is 3. The first-order valence-corrected chi connectivity index (χ1v) is 8.22. The maximum absolute atomic E-state index is 12.1. The summed E-state index contributed by atoms with van der Waals surface area (Å²) in [5, 5.41) is 8.82. The van der Waals surface area contributed by atoms with Gasteiger partial charge in [-0.15, -0.1) is 0 Å². The SMILES string of the molecule is CCOC(=O)Nc1ccc(NC(=O)NC(C)c2ccc(Cl)cc2)cc1. The fraction of sp³-hybridized carbons (Fsp3) is 0.222. The number of halogens is 1. The number of hydrogen-bond donors (Lipinski definition) is 3. The fourth-order valence-corrected chi connectivity index (χ4v) is 2.25. The van der Waals surface area contributed by atoms with Crippen molar-refractivity contribution in [1.29, 1.82) is 0 Å². The molecule has 0 aromatic heterocycles. The van der Waals surface area contributed by atoms with E-state index in [4.69, 9.17) is 16.3 Å². The van der Waals surface area contributed by atoms with Gasteiger partial charge in [0.1, 0.15) is 0 Å². The largest absolute Gasteiger partial charge is 0.450 e. The number of benzene rings is 2. The minimum atomic E-state index is -0.516. The van der Waals surface area contributed by atoms with E-state index >= 15 is 0 Å². The minimum Gasteiger partial charge on any atom is -0.450 e. The van der Waals surface area contributed by atoms with E-state index < -0.39 is 6.09 Å². The van der Waals surface area contributed by atoms with E-state index in [1.807, 2.05) is 19.1 Å². The Kier molecular flexibility index (Phi) is 6.65. The molecule has 0 saturated heterocycles. The smallest absolute Gasteiger partial charge is 0.411 e. The zero-order valence-corrected chi connectivity index (χ0v) is 14.8. The van der Waals surface area contributed by atoms with Crippen molar-refractivity contribution in [1.82, 2.24) is 5.32 Å².